The van der Waals surface area contributed by atoms with Crippen molar-refractivity contribution in [3.05, 3.63) is 12.7 Å². The van der Waals surface area contributed by atoms with E-state index in [2.05, 4.69) is 6.58 Å². The third-order valence-corrected chi connectivity index (χ3v) is 2.12. The third-order valence-electron chi connectivity index (χ3n) is 2.12. The maximum atomic E-state index is 5.66. The average Bonchev–Trinajstić information content (AvgIpc) is 2.76. The van der Waals surface area contributed by atoms with E-state index in [1.165, 1.54) is 0 Å². The number of rotatable bonds is 2. The summed E-state index contributed by atoms with van der Waals surface area (Å²) in [4.78, 5) is 0. The summed E-state index contributed by atoms with van der Waals surface area (Å²) in [6, 6.07) is 0. The van der Waals surface area contributed by atoms with E-state index in [9.17, 15) is 0 Å². The van der Waals surface area contributed by atoms with Gasteiger partial charge in [-0.15, -0.1) is 6.58 Å². The van der Waals surface area contributed by atoms with Crippen LogP contribution in [0.25, 0.3) is 0 Å². The van der Waals surface area contributed by atoms with Crippen molar-refractivity contribution in [2.24, 2.45) is 0 Å². The minimum Gasteiger partial charge on any atom is -0.370 e. The second-order valence-electron chi connectivity index (χ2n) is 3.67. The summed E-state index contributed by atoms with van der Waals surface area (Å²) in [5, 5.41) is 0. The van der Waals surface area contributed by atoms with Crippen LogP contribution in [-0.4, -0.2) is 30.7 Å². The zero-order valence-corrected chi connectivity index (χ0v) is 7.45. The van der Waals surface area contributed by atoms with Crippen molar-refractivity contribution in [1.82, 2.24) is 0 Å². The summed E-state index contributed by atoms with van der Waals surface area (Å²) < 4.78 is 16.4. The van der Waals surface area contributed by atoms with Gasteiger partial charge in [0.25, 0.3) is 0 Å². The molecular weight excluding hydrogens is 156 g/mol. The number of hydrogen-bond acceptors (Lipinski definition) is 3. The van der Waals surface area contributed by atoms with Crippen LogP contribution in [0.5, 0.6) is 0 Å². The molecule has 0 amide bonds. The third kappa shape index (κ3) is 1.40. The first-order valence-electron chi connectivity index (χ1n) is 4.22. The van der Waals surface area contributed by atoms with Crippen molar-refractivity contribution in [3.8, 4) is 0 Å². The topological polar surface area (TPSA) is 31.0 Å². The van der Waals surface area contributed by atoms with Crippen molar-refractivity contribution in [2.45, 2.75) is 37.9 Å². The maximum Gasteiger partial charge on any atom is 0.164 e. The van der Waals surface area contributed by atoms with Gasteiger partial charge in [-0.05, 0) is 13.8 Å². The predicted octanol–water partition coefficient (Wildman–Crippen LogP) is 1.09. The lowest BCUT2D eigenvalue weighted by Gasteiger charge is -2.15. The largest absolute Gasteiger partial charge is 0.370 e. The SMILES string of the molecule is C=CC1OC(C)(C)OC1C1CO1. The molecule has 0 aromatic heterocycles. The van der Waals surface area contributed by atoms with Crippen LogP contribution in [0.4, 0.5) is 0 Å². The summed E-state index contributed by atoms with van der Waals surface area (Å²) in [7, 11) is 0. The van der Waals surface area contributed by atoms with Crippen LogP contribution in [0.1, 0.15) is 13.8 Å². The highest BCUT2D eigenvalue weighted by molar-refractivity contribution is 4.99. The lowest BCUT2D eigenvalue weighted by molar-refractivity contribution is -0.144. The number of hydrogen-bond donors (Lipinski definition) is 0. The maximum absolute atomic E-state index is 5.66. The summed E-state index contributed by atoms with van der Waals surface area (Å²) in [5.74, 6) is -0.491. The van der Waals surface area contributed by atoms with Crippen molar-refractivity contribution in [3.63, 3.8) is 0 Å². The van der Waals surface area contributed by atoms with E-state index < -0.39 is 5.79 Å². The highest BCUT2D eigenvalue weighted by Gasteiger charge is 2.48. The monoisotopic (exact) mass is 170 g/mol. The molecule has 0 N–H and O–H groups in total. The molecule has 0 aromatic carbocycles. The molecule has 2 fully saturated rings. The average molecular weight is 170 g/mol. The molecule has 0 saturated carbocycles. The van der Waals surface area contributed by atoms with Gasteiger partial charge in [0.05, 0.1) is 6.61 Å². The fourth-order valence-electron chi connectivity index (χ4n) is 1.53. The quantitative estimate of drug-likeness (QED) is 0.459. The molecule has 0 bridgehead atoms. The van der Waals surface area contributed by atoms with E-state index >= 15 is 0 Å². The summed E-state index contributed by atoms with van der Waals surface area (Å²) >= 11 is 0. The lowest BCUT2D eigenvalue weighted by atomic mass is 10.1. The van der Waals surface area contributed by atoms with Gasteiger partial charge in [-0.2, -0.15) is 0 Å². The molecule has 0 aliphatic carbocycles. The van der Waals surface area contributed by atoms with Gasteiger partial charge in [-0.3, -0.25) is 0 Å². The number of ether oxygens (including phenoxy) is 3. The normalized spacial score (nSPS) is 44.3. The van der Waals surface area contributed by atoms with Gasteiger partial charge in [0.2, 0.25) is 0 Å². The van der Waals surface area contributed by atoms with E-state index in [0.29, 0.717) is 0 Å². The van der Waals surface area contributed by atoms with E-state index in [4.69, 9.17) is 14.2 Å². The minimum absolute atomic E-state index is 0.0208. The van der Waals surface area contributed by atoms with Gasteiger partial charge in [0.1, 0.15) is 18.3 Å². The molecule has 2 rings (SSSR count). The first kappa shape index (κ1) is 8.23. The molecule has 2 saturated heterocycles. The van der Waals surface area contributed by atoms with E-state index in [1.54, 1.807) is 6.08 Å². The first-order chi connectivity index (χ1) is 5.62. The van der Waals surface area contributed by atoms with E-state index in [-0.39, 0.29) is 18.3 Å². The molecule has 12 heavy (non-hydrogen) atoms. The van der Waals surface area contributed by atoms with Gasteiger partial charge in [0, 0.05) is 0 Å². The Hall–Kier alpha value is -0.380. The Bertz CT molecular complexity index is 196. The van der Waals surface area contributed by atoms with E-state index in [1.807, 2.05) is 13.8 Å². The molecule has 3 atom stereocenters. The van der Waals surface area contributed by atoms with E-state index in [0.717, 1.165) is 6.61 Å². The highest BCUT2D eigenvalue weighted by atomic mass is 16.8. The van der Waals surface area contributed by atoms with Gasteiger partial charge in [0.15, 0.2) is 5.79 Å². The molecule has 3 heteroatoms. The molecule has 0 radical (unpaired) electrons. The standard InChI is InChI=1S/C9H14O3/c1-4-6-8(7-5-10-7)12-9(2,3)11-6/h4,6-8H,1,5H2,2-3H3. The molecule has 3 nitrogen and oxygen atoms in total. The molecule has 2 heterocycles. The van der Waals surface area contributed by atoms with Crippen LogP contribution in [0.3, 0.4) is 0 Å². The van der Waals surface area contributed by atoms with Gasteiger partial charge >= 0.3 is 0 Å². The zero-order chi connectivity index (χ0) is 8.77. The Morgan fingerprint density at radius 1 is 1.42 bits per heavy atom. The van der Waals surface area contributed by atoms with Crippen LogP contribution in [0.15, 0.2) is 12.7 Å². The lowest BCUT2D eigenvalue weighted by Crippen LogP contribution is -2.26. The van der Waals surface area contributed by atoms with Crippen molar-refractivity contribution >= 4 is 0 Å². The van der Waals surface area contributed by atoms with Crippen LogP contribution in [0, 0.1) is 0 Å². The van der Waals surface area contributed by atoms with Gasteiger partial charge in [-0.25, -0.2) is 0 Å². The first-order valence-corrected chi connectivity index (χ1v) is 4.22. The predicted molar refractivity (Wildman–Crippen MR) is 43.8 cm³/mol. The van der Waals surface area contributed by atoms with Crippen LogP contribution < -0.4 is 0 Å². The molecule has 2 aliphatic heterocycles. The Balaban J connectivity index is 2.07. The Labute approximate surface area is 72.3 Å². The zero-order valence-electron chi connectivity index (χ0n) is 7.45. The Morgan fingerprint density at radius 3 is 2.58 bits per heavy atom. The van der Waals surface area contributed by atoms with Crippen molar-refractivity contribution in [1.29, 1.82) is 0 Å². The molecule has 3 unspecified atom stereocenters. The minimum atomic E-state index is -0.491. The Morgan fingerprint density at radius 2 is 2.08 bits per heavy atom. The fraction of sp³-hybridized carbons (Fsp3) is 0.778. The van der Waals surface area contributed by atoms with Crippen molar-refractivity contribution < 1.29 is 14.2 Å². The smallest absolute Gasteiger partial charge is 0.164 e. The number of epoxide rings is 1. The summed E-state index contributed by atoms with van der Waals surface area (Å²) in [6.45, 7) is 8.31. The van der Waals surface area contributed by atoms with Crippen LogP contribution in [-0.2, 0) is 14.2 Å². The summed E-state index contributed by atoms with van der Waals surface area (Å²) in [6.07, 6.45) is 2.01. The van der Waals surface area contributed by atoms with Gasteiger partial charge in [-0.1, -0.05) is 6.08 Å². The van der Waals surface area contributed by atoms with Crippen molar-refractivity contribution in [2.75, 3.05) is 6.61 Å². The second kappa shape index (κ2) is 2.55. The molecule has 0 spiro atoms. The van der Waals surface area contributed by atoms with Crippen LogP contribution >= 0.6 is 0 Å². The summed E-state index contributed by atoms with van der Waals surface area (Å²) in [5.41, 5.74) is 0. The molecule has 0 aromatic rings. The highest BCUT2D eigenvalue weighted by Crippen LogP contribution is 2.34. The van der Waals surface area contributed by atoms with Crippen LogP contribution in [0.2, 0.25) is 0 Å². The second-order valence-corrected chi connectivity index (χ2v) is 3.67. The molecular formula is C9H14O3. The van der Waals surface area contributed by atoms with Gasteiger partial charge < -0.3 is 14.2 Å². The fourth-order valence-corrected chi connectivity index (χ4v) is 1.53. The Kier molecular flexibility index (Phi) is 1.75. The molecule has 2 aliphatic rings. The molecule has 68 valence electrons.